The van der Waals surface area contributed by atoms with E-state index in [-0.39, 0.29) is 17.1 Å². The summed E-state index contributed by atoms with van der Waals surface area (Å²) in [6, 6.07) is 26.5. The molecule has 1 fully saturated rings. The first-order valence-electron chi connectivity index (χ1n) is 13.5. The van der Waals surface area contributed by atoms with Gasteiger partial charge in [0.25, 0.3) is 11.4 Å². The molecule has 0 unspecified atom stereocenters. The molecule has 4 atom stereocenters. The van der Waals surface area contributed by atoms with Gasteiger partial charge in [-0.25, -0.2) is 13.8 Å². The highest BCUT2D eigenvalue weighted by Crippen LogP contribution is 2.48. The Morgan fingerprint density at radius 1 is 1.02 bits per heavy atom. The quantitative estimate of drug-likeness (QED) is 0.201. The van der Waals surface area contributed by atoms with Gasteiger partial charge in [-0.1, -0.05) is 72.8 Å². The summed E-state index contributed by atoms with van der Waals surface area (Å²) in [5.74, 6) is -2.43. The summed E-state index contributed by atoms with van der Waals surface area (Å²) >= 11 is 0. The Kier molecular flexibility index (Phi) is 6.99. The number of hydrogen-bond acceptors (Lipinski definition) is 8. The molecule has 1 aliphatic rings. The SMILES string of the molecule is COc1ccc(C(Nc2nc3c(ncn3[C@@H]3O[C@](F)(CO)[C@@H](O)[C@@]3(C)F)c(=O)[nH]2)(c2ccccc2)c2ccccc2)cc1. The van der Waals surface area contributed by atoms with Gasteiger partial charge in [0.2, 0.25) is 5.95 Å². The molecule has 0 aliphatic carbocycles. The highest BCUT2D eigenvalue weighted by Gasteiger charge is 2.64. The van der Waals surface area contributed by atoms with Crippen molar-refractivity contribution in [3.63, 3.8) is 0 Å². The number of imidazole rings is 1. The van der Waals surface area contributed by atoms with E-state index in [0.29, 0.717) is 5.75 Å². The standard InChI is InChI=1S/C31H29F2N5O5/c1-29(32)26(41)30(33,17-39)43-27(29)38-18-34-23-24(38)35-28(36-25(23)40)37-31(19-9-5-3-6-10-19,20-11-7-4-8-12-20)21-13-15-22(42-2)16-14-21/h3-16,18,26-27,39,41H,17H2,1-2H3,(H2,35,36,37,40)/t26-,27+,29+,30+/m0/s1. The van der Waals surface area contributed by atoms with E-state index in [4.69, 9.17) is 9.47 Å². The largest absolute Gasteiger partial charge is 0.497 e. The van der Waals surface area contributed by atoms with E-state index in [1.807, 2.05) is 84.9 Å². The Morgan fingerprint density at radius 2 is 1.60 bits per heavy atom. The number of rotatable bonds is 8. The first-order chi connectivity index (χ1) is 20.6. The fraction of sp³-hybridized carbons (Fsp3) is 0.258. The van der Waals surface area contributed by atoms with Crippen LogP contribution in [0.15, 0.2) is 96.1 Å². The van der Waals surface area contributed by atoms with E-state index in [1.165, 1.54) is 0 Å². The highest BCUT2D eigenvalue weighted by atomic mass is 19.2. The number of methoxy groups -OCH3 is 1. The average molecular weight is 590 g/mol. The van der Waals surface area contributed by atoms with E-state index in [2.05, 4.69) is 20.3 Å². The lowest BCUT2D eigenvalue weighted by atomic mass is 9.77. The molecule has 5 aromatic rings. The van der Waals surface area contributed by atoms with Gasteiger partial charge < -0.3 is 25.0 Å². The highest BCUT2D eigenvalue weighted by molar-refractivity contribution is 5.72. The molecule has 1 aliphatic heterocycles. The van der Waals surface area contributed by atoms with Crippen LogP contribution in [-0.4, -0.2) is 61.1 Å². The number of hydrogen-bond donors (Lipinski definition) is 4. The third-order valence-electron chi connectivity index (χ3n) is 7.88. The van der Waals surface area contributed by atoms with Crippen molar-refractivity contribution in [2.24, 2.45) is 0 Å². The first kappa shape index (κ1) is 28.5. The fourth-order valence-corrected chi connectivity index (χ4v) is 5.64. The topological polar surface area (TPSA) is 135 Å². The molecule has 0 saturated carbocycles. The van der Waals surface area contributed by atoms with Crippen molar-refractivity contribution in [3.8, 4) is 5.75 Å². The number of fused-ring (bicyclic) bond motifs is 1. The molecule has 12 heteroatoms. The molecule has 0 bridgehead atoms. The number of H-pyrrole nitrogens is 1. The Balaban J connectivity index is 1.55. The minimum atomic E-state index is -3.07. The summed E-state index contributed by atoms with van der Waals surface area (Å²) in [5, 5.41) is 23.2. The summed E-state index contributed by atoms with van der Waals surface area (Å²) in [7, 11) is 1.57. The second-order valence-electron chi connectivity index (χ2n) is 10.5. The van der Waals surface area contributed by atoms with Gasteiger partial charge in [0.1, 0.15) is 17.9 Å². The number of aromatic amines is 1. The Labute approximate surface area is 244 Å². The molecule has 2 aromatic heterocycles. The van der Waals surface area contributed by atoms with Crippen LogP contribution >= 0.6 is 0 Å². The third kappa shape index (κ3) is 4.54. The van der Waals surface area contributed by atoms with Gasteiger partial charge in [0, 0.05) is 0 Å². The molecule has 4 N–H and O–H groups in total. The Morgan fingerprint density at radius 3 is 2.14 bits per heavy atom. The predicted molar refractivity (Wildman–Crippen MR) is 154 cm³/mol. The first-order valence-corrected chi connectivity index (χ1v) is 13.5. The van der Waals surface area contributed by atoms with Gasteiger partial charge in [0.15, 0.2) is 29.2 Å². The van der Waals surface area contributed by atoms with Crippen molar-refractivity contribution in [2.45, 2.75) is 36.3 Å². The summed E-state index contributed by atoms with van der Waals surface area (Å²) < 4.78 is 42.4. The lowest BCUT2D eigenvalue weighted by Crippen LogP contribution is -2.46. The predicted octanol–water partition coefficient (Wildman–Crippen LogP) is 3.81. The van der Waals surface area contributed by atoms with E-state index in [9.17, 15) is 15.0 Å². The maximum absolute atomic E-state index is 15.7. The number of halogens is 2. The minimum absolute atomic E-state index is 0.00412. The van der Waals surface area contributed by atoms with Gasteiger partial charge in [-0.3, -0.25) is 14.3 Å². The second-order valence-corrected chi connectivity index (χ2v) is 10.5. The number of aliphatic hydroxyl groups excluding tert-OH is 2. The molecule has 0 radical (unpaired) electrons. The third-order valence-corrected chi connectivity index (χ3v) is 7.88. The van der Waals surface area contributed by atoms with E-state index in [0.717, 1.165) is 34.5 Å². The van der Waals surface area contributed by atoms with Gasteiger partial charge in [-0.2, -0.15) is 4.98 Å². The number of aromatic nitrogens is 4. The maximum atomic E-state index is 15.7. The zero-order valence-electron chi connectivity index (χ0n) is 23.2. The lowest BCUT2D eigenvalue weighted by Gasteiger charge is -2.37. The number of aliphatic hydroxyl groups is 2. The van der Waals surface area contributed by atoms with Crippen LogP contribution in [0.5, 0.6) is 5.75 Å². The summed E-state index contributed by atoms with van der Waals surface area (Å²) in [6.07, 6.45) is -3.02. The summed E-state index contributed by atoms with van der Waals surface area (Å²) in [4.78, 5) is 24.7. The van der Waals surface area contributed by atoms with Crippen molar-refractivity contribution in [3.05, 3.63) is 118 Å². The van der Waals surface area contributed by atoms with E-state index >= 15 is 8.78 Å². The molecule has 6 rings (SSSR count). The number of anilines is 1. The van der Waals surface area contributed by atoms with Gasteiger partial charge >= 0.3 is 0 Å². The molecule has 43 heavy (non-hydrogen) atoms. The van der Waals surface area contributed by atoms with Crippen molar-refractivity contribution in [1.29, 1.82) is 0 Å². The molecule has 10 nitrogen and oxygen atoms in total. The van der Waals surface area contributed by atoms with Gasteiger partial charge in [-0.05, 0) is 35.7 Å². The van der Waals surface area contributed by atoms with E-state index in [1.54, 1.807) is 7.11 Å². The average Bonchev–Trinajstić information content (AvgIpc) is 3.53. The Bertz CT molecular complexity index is 1760. The zero-order valence-corrected chi connectivity index (χ0v) is 23.2. The Hall–Kier alpha value is -4.65. The number of nitrogens with one attached hydrogen (secondary N) is 2. The van der Waals surface area contributed by atoms with Crippen LogP contribution in [0.25, 0.3) is 11.2 Å². The van der Waals surface area contributed by atoms with Crippen LogP contribution < -0.4 is 15.6 Å². The molecule has 222 valence electrons. The van der Waals surface area contributed by atoms with Gasteiger partial charge in [-0.15, -0.1) is 0 Å². The van der Waals surface area contributed by atoms with Crippen LogP contribution in [0.3, 0.4) is 0 Å². The smallest absolute Gasteiger partial charge is 0.280 e. The fourth-order valence-electron chi connectivity index (χ4n) is 5.64. The van der Waals surface area contributed by atoms with Crippen LogP contribution in [-0.2, 0) is 10.3 Å². The summed E-state index contributed by atoms with van der Waals surface area (Å²) in [6.45, 7) is -0.340. The monoisotopic (exact) mass is 589 g/mol. The van der Waals surface area contributed by atoms with Crippen LogP contribution in [0.2, 0.25) is 0 Å². The number of benzene rings is 3. The van der Waals surface area contributed by atoms with Crippen molar-refractivity contribution in [2.75, 3.05) is 19.0 Å². The molecule has 3 heterocycles. The second kappa shape index (κ2) is 10.6. The normalized spacial score (nSPS) is 23.9. The van der Waals surface area contributed by atoms with Crippen molar-refractivity contribution < 1.29 is 28.5 Å². The molecule has 3 aromatic carbocycles. The molecule has 0 spiro atoms. The van der Waals surface area contributed by atoms with E-state index < -0.39 is 41.6 Å². The van der Waals surface area contributed by atoms with Crippen molar-refractivity contribution in [1.82, 2.24) is 19.5 Å². The number of nitrogens with zero attached hydrogens (tertiary/aromatic N) is 3. The zero-order chi connectivity index (χ0) is 30.4. The van der Waals surface area contributed by atoms with Crippen molar-refractivity contribution >= 4 is 17.1 Å². The van der Waals surface area contributed by atoms with Crippen LogP contribution in [0.1, 0.15) is 29.8 Å². The number of ether oxygens (including phenoxy) is 2. The van der Waals surface area contributed by atoms with Gasteiger partial charge in [0.05, 0.1) is 13.4 Å². The summed E-state index contributed by atoms with van der Waals surface area (Å²) in [5.41, 5.74) is -2.34. The molecule has 0 amide bonds. The van der Waals surface area contributed by atoms with Crippen LogP contribution in [0.4, 0.5) is 14.7 Å². The maximum Gasteiger partial charge on any atom is 0.280 e. The molecular weight excluding hydrogens is 560 g/mol. The minimum Gasteiger partial charge on any atom is -0.497 e. The van der Waals surface area contributed by atoms with Crippen LogP contribution in [0, 0.1) is 0 Å². The molecule has 1 saturated heterocycles. The number of alkyl halides is 2. The lowest BCUT2D eigenvalue weighted by molar-refractivity contribution is -0.206. The molecular formula is C31H29F2N5O5.